The van der Waals surface area contributed by atoms with Gasteiger partial charge in [0.1, 0.15) is 17.1 Å². The number of hydrogen-bond acceptors (Lipinski definition) is 4. The second kappa shape index (κ2) is 10.0. The van der Waals surface area contributed by atoms with Crippen LogP contribution in [0, 0.1) is 11.2 Å². The average Bonchev–Trinajstić information content (AvgIpc) is 2.84. The van der Waals surface area contributed by atoms with Gasteiger partial charge < -0.3 is 14.5 Å². The van der Waals surface area contributed by atoms with Crippen LogP contribution in [0.2, 0.25) is 0 Å². The van der Waals surface area contributed by atoms with Gasteiger partial charge in [0.05, 0.1) is 0 Å². The van der Waals surface area contributed by atoms with Crippen LogP contribution in [-0.4, -0.2) is 58.6 Å². The summed E-state index contributed by atoms with van der Waals surface area (Å²) in [7, 11) is 0. The molecule has 0 radical (unpaired) electrons. The van der Waals surface area contributed by atoms with Crippen LogP contribution in [0.3, 0.4) is 0 Å². The summed E-state index contributed by atoms with van der Waals surface area (Å²) >= 11 is 0. The Labute approximate surface area is 213 Å². The number of carbonyl (C=O) groups excluding carboxylic acids is 2. The number of fused-ring (bicyclic) bond motifs is 1. The first-order chi connectivity index (χ1) is 17.0. The number of pyridine rings is 1. The van der Waals surface area contributed by atoms with Crippen molar-refractivity contribution < 1.29 is 18.7 Å². The van der Waals surface area contributed by atoms with Gasteiger partial charge in [0.2, 0.25) is 0 Å². The van der Waals surface area contributed by atoms with Crippen LogP contribution < -0.4 is 0 Å². The molecule has 192 valence electrons. The maximum absolute atomic E-state index is 14.3. The Balaban J connectivity index is 1.63. The Bertz CT molecular complexity index is 1160. The molecular weight excluding hydrogens is 457 g/mol. The maximum atomic E-state index is 14.3. The van der Waals surface area contributed by atoms with Gasteiger partial charge in [-0.05, 0) is 94.2 Å². The van der Waals surface area contributed by atoms with Crippen molar-refractivity contribution in [1.29, 1.82) is 0 Å². The lowest BCUT2D eigenvalue weighted by Crippen LogP contribution is -2.46. The van der Waals surface area contributed by atoms with E-state index in [9.17, 15) is 14.0 Å². The number of piperidine rings is 1. The molecule has 2 aliphatic rings. The first-order valence-corrected chi connectivity index (χ1v) is 12.8. The molecule has 0 bridgehead atoms. The van der Waals surface area contributed by atoms with E-state index in [1.165, 1.54) is 6.07 Å². The third kappa shape index (κ3) is 5.45. The predicted octanol–water partition coefficient (Wildman–Crippen LogP) is 5.71. The second-order valence-corrected chi connectivity index (χ2v) is 10.8. The number of likely N-dealkylation sites (tertiary alicyclic amines) is 1. The minimum absolute atomic E-state index is 0.0957. The predicted molar refractivity (Wildman–Crippen MR) is 138 cm³/mol. The molecule has 1 aromatic heterocycles. The van der Waals surface area contributed by atoms with Gasteiger partial charge in [0.25, 0.3) is 5.91 Å². The molecule has 2 aromatic rings. The van der Waals surface area contributed by atoms with E-state index in [0.717, 1.165) is 41.5 Å². The van der Waals surface area contributed by atoms with Crippen molar-refractivity contribution >= 4 is 17.6 Å². The molecule has 1 aromatic carbocycles. The number of ether oxygens (including phenoxy) is 1. The number of allylic oxidation sites excluding steroid dienone is 1. The van der Waals surface area contributed by atoms with Gasteiger partial charge in [-0.1, -0.05) is 18.2 Å². The van der Waals surface area contributed by atoms with E-state index in [0.29, 0.717) is 31.9 Å². The van der Waals surface area contributed by atoms with Crippen LogP contribution in [0.25, 0.3) is 5.57 Å². The second-order valence-electron chi connectivity index (χ2n) is 10.8. The molecule has 0 saturated carbocycles. The molecule has 36 heavy (non-hydrogen) atoms. The standard InChI is InChI=1S/C29H36FN3O3/c1-6-32(7-2)26(34)25-11-9-21(19-31-25)24-18-29(17-20-8-10-22(30)16-23(20)24)12-14-33(15-13-29)27(35)36-28(3,4)5/h8-11,16,18-19H,6-7,12-15,17H2,1-5H3. The number of amides is 2. The van der Waals surface area contributed by atoms with Crippen molar-refractivity contribution in [1.82, 2.24) is 14.8 Å². The third-order valence-corrected chi connectivity index (χ3v) is 7.11. The largest absolute Gasteiger partial charge is 0.444 e. The van der Waals surface area contributed by atoms with Crippen LogP contribution in [0.4, 0.5) is 9.18 Å². The highest BCUT2D eigenvalue weighted by Gasteiger charge is 2.39. The van der Waals surface area contributed by atoms with E-state index in [1.54, 1.807) is 28.1 Å². The van der Waals surface area contributed by atoms with Gasteiger partial charge in [-0.15, -0.1) is 0 Å². The molecule has 1 spiro atoms. The fourth-order valence-corrected chi connectivity index (χ4v) is 5.14. The molecule has 1 fully saturated rings. The van der Waals surface area contributed by atoms with E-state index < -0.39 is 5.60 Å². The Kier molecular flexibility index (Phi) is 7.21. The van der Waals surface area contributed by atoms with Crippen molar-refractivity contribution in [2.45, 2.75) is 59.5 Å². The number of benzene rings is 1. The number of carbonyl (C=O) groups is 2. The highest BCUT2D eigenvalue weighted by molar-refractivity contribution is 5.93. The normalized spacial score (nSPS) is 16.8. The van der Waals surface area contributed by atoms with Gasteiger partial charge >= 0.3 is 6.09 Å². The lowest BCUT2D eigenvalue weighted by atomic mass is 9.67. The molecule has 0 N–H and O–H groups in total. The minimum Gasteiger partial charge on any atom is -0.444 e. The van der Waals surface area contributed by atoms with Crippen LogP contribution in [0.5, 0.6) is 0 Å². The Morgan fingerprint density at radius 3 is 2.39 bits per heavy atom. The topological polar surface area (TPSA) is 62.7 Å². The summed E-state index contributed by atoms with van der Waals surface area (Å²) in [5.41, 5.74) is 3.46. The van der Waals surface area contributed by atoms with Gasteiger partial charge in [0, 0.05) is 37.9 Å². The quantitative estimate of drug-likeness (QED) is 0.548. The summed E-state index contributed by atoms with van der Waals surface area (Å²) in [4.78, 5) is 33.3. The first-order valence-electron chi connectivity index (χ1n) is 12.8. The molecule has 1 saturated heterocycles. The maximum Gasteiger partial charge on any atom is 0.410 e. The van der Waals surface area contributed by atoms with Crippen LogP contribution in [-0.2, 0) is 11.2 Å². The zero-order chi connectivity index (χ0) is 26.1. The Morgan fingerprint density at radius 1 is 1.11 bits per heavy atom. The molecule has 1 aliphatic carbocycles. The third-order valence-electron chi connectivity index (χ3n) is 7.11. The van der Waals surface area contributed by atoms with Crippen LogP contribution in [0.1, 0.15) is 74.6 Å². The van der Waals surface area contributed by atoms with Gasteiger partial charge in [0.15, 0.2) is 0 Å². The molecule has 2 amide bonds. The van der Waals surface area contributed by atoms with E-state index in [4.69, 9.17) is 4.74 Å². The highest BCUT2D eigenvalue weighted by atomic mass is 19.1. The van der Waals surface area contributed by atoms with Crippen molar-refractivity contribution in [2.24, 2.45) is 5.41 Å². The highest BCUT2D eigenvalue weighted by Crippen LogP contribution is 2.46. The van der Waals surface area contributed by atoms with Crippen molar-refractivity contribution in [2.75, 3.05) is 26.2 Å². The van der Waals surface area contributed by atoms with E-state index in [1.807, 2.05) is 46.8 Å². The molecule has 0 unspecified atom stereocenters. The van der Waals surface area contributed by atoms with Gasteiger partial charge in [-0.2, -0.15) is 0 Å². The number of hydrogen-bond donors (Lipinski definition) is 0. The molecule has 6 nitrogen and oxygen atoms in total. The summed E-state index contributed by atoms with van der Waals surface area (Å²) < 4.78 is 19.8. The first kappa shape index (κ1) is 25.9. The van der Waals surface area contributed by atoms with E-state index in [2.05, 4.69) is 11.1 Å². The Morgan fingerprint density at radius 2 is 1.81 bits per heavy atom. The van der Waals surface area contributed by atoms with Crippen LogP contribution in [0.15, 0.2) is 42.6 Å². The zero-order valence-corrected chi connectivity index (χ0v) is 21.9. The summed E-state index contributed by atoms with van der Waals surface area (Å²) in [5.74, 6) is -0.377. The minimum atomic E-state index is -0.529. The number of rotatable bonds is 4. The van der Waals surface area contributed by atoms with E-state index in [-0.39, 0.29) is 23.2 Å². The molecule has 4 rings (SSSR count). The summed E-state index contributed by atoms with van der Waals surface area (Å²) in [5, 5.41) is 0. The number of halogens is 1. The summed E-state index contributed by atoms with van der Waals surface area (Å²) in [6.07, 6.45) is 6.05. The van der Waals surface area contributed by atoms with Gasteiger partial charge in [-0.25, -0.2) is 9.18 Å². The van der Waals surface area contributed by atoms with Crippen molar-refractivity contribution in [3.8, 4) is 0 Å². The average molecular weight is 494 g/mol. The number of aromatic nitrogens is 1. The van der Waals surface area contributed by atoms with E-state index >= 15 is 0 Å². The molecular formula is C29H36FN3O3. The van der Waals surface area contributed by atoms with Crippen molar-refractivity contribution in [3.63, 3.8) is 0 Å². The SMILES string of the molecule is CCN(CC)C(=O)c1ccc(C2=CC3(CCN(C(=O)OC(C)(C)C)CC3)Cc3ccc(F)cc32)cn1. The lowest BCUT2D eigenvalue weighted by Gasteiger charge is -2.43. The number of nitrogens with zero attached hydrogens (tertiary/aromatic N) is 3. The molecule has 7 heteroatoms. The smallest absolute Gasteiger partial charge is 0.410 e. The van der Waals surface area contributed by atoms with Gasteiger partial charge in [-0.3, -0.25) is 9.78 Å². The zero-order valence-electron chi connectivity index (χ0n) is 21.9. The Hall–Kier alpha value is -3.22. The summed E-state index contributed by atoms with van der Waals surface area (Å²) in [6.45, 7) is 12.0. The fraction of sp³-hybridized carbons (Fsp3) is 0.483. The lowest BCUT2D eigenvalue weighted by molar-refractivity contribution is 0.0143. The fourth-order valence-electron chi connectivity index (χ4n) is 5.14. The van der Waals surface area contributed by atoms with Crippen molar-refractivity contribution in [3.05, 3.63) is 70.8 Å². The summed E-state index contributed by atoms with van der Waals surface area (Å²) in [6, 6.07) is 8.61. The molecule has 2 heterocycles. The monoisotopic (exact) mass is 493 g/mol. The molecule has 0 atom stereocenters. The van der Waals surface area contributed by atoms with Crippen LogP contribution >= 0.6 is 0 Å². The molecule has 1 aliphatic heterocycles.